The Balaban J connectivity index is 1.90. The smallest absolute Gasteiger partial charge is 0.334 e. The number of carbonyl (C=O) groups is 1. The molecule has 2 aliphatic rings. The van der Waals surface area contributed by atoms with Crippen LogP contribution in [-0.2, 0) is 9.53 Å². The number of carbonyl (C=O) groups excluding carboxylic acids is 1. The Bertz CT molecular complexity index is 393. The van der Waals surface area contributed by atoms with Gasteiger partial charge in [-0.2, -0.15) is 0 Å². The van der Waals surface area contributed by atoms with E-state index in [4.69, 9.17) is 4.74 Å². The topological polar surface area (TPSA) is 46.5 Å². The van der Waals surface area contributed by atoms with Crippen LogP contribution in [0, 0.1) is 11.8 Å². The van der Waals surface area contributed by atoms with Gasteiger partial charge in [0.1, 0.15) is 6.10 Å². The number of ether oxygens (including phenoxy) is 1. The molecule has 0 fully saturated rings. The molecule has 0 bridgehead atoms. The minimum Gasteiger partial charge on any atom is -0.455 e. The maximum absolute atomic E-state index is 11.3. The molecule has 18 heavy (non-hydrogen) atoms. The van der Waals surface area contributed by atoms with Crippen molar-refractivity contribution in [1.29, 1.82) is 0 Å². The Kier molecular flexibility index (Phi) is 3.62. The summed E-state index contributed by atoms with van der Waals surface area (Å²) in [5.74, 6) is 0.741. The van der Waals surface area contributed by atoms with Crippen LogP contribution < -0.4 is 0 Å². The highest BCUT2D eigenvalue weighted by atomic mass is 16.5. The van der Waals surface area contributed by atoms with E-state index in [-0.39, 0.29) is 12.1 Å². The first-order valence-electron chi connectivity index (χ1n) is 6.68. The van der Waals surface area contributed by atoms with Crippen molar-refractivity contribution < 1.29 is 14.6 Å². The Morgan fingerprint density at radius 2 is 2.33 bits per heavy atom. The molecule has 1 heterocycles. The second-order valence-corrected chi connectivity index (χ2v) is 5.93. The highest BCUT2D eigenvalue weighted by Gasteiger charge is 2.29. The predicted molar refractivity (Wildman–Crippen MR) is 69.9 cm³/mol. The minimum atomic E-state index is -0.646. The van der Waals surface area contributed by atoms with E-state index in [0.29, 0.717) is 17.4 Å². The van der Waals surface area contributed by atoms with Crippen molar-refractivity contribution in [1.82, 2.24) is 0 Å². The van der Waals surface area contributed by atoms with Gasteiger partial charge >= 0.3 is 5.97 Å². The number of hydrogen-bond acceptors (Lipinski definition) is 3. The summed E-state index contributed by atoms with van der Waals surface area (Å²) in [5, 5.41) is 9.86. The van der Waals surface area contributed by atoms with E-state index in [1.165, 1.54) is 0 Å². The fraction of sp³-hybridized carbons (Fsp3) is 0.667. The average molecular weight is 250 g/mol. The first-order valence-corrected chi connectivity index (χ1v) is 6.68. The van der Waals surface area contributed by atoms with E-state index in [0.717, 1.165) is 19.3 Å². The summed E-state index contributed by atoms with van der Waals surface area (Å²) in [6.45, 7) is 5.82. The Labute approximate surface area is 109 Å². The SMILES string of the molecule is CC1=C[C@@H](C[C@@H](C)[C@H]2C=C[C@](C)(O)CC2)OC1=O. The van der Waals surface area contributed by atoms with Crippen LogP contribution in [-0.4, -0.2) is 22.8 Å². The third-order valence-electron chi connectivity index (χ3n) is 4.04. The van der Waals surface area contributed by atoms with Crippen molar-refractivity contribution in [2.24, 2.45) is 11.8 Å². The van der Waals surface area contributed by atoms with Gasteiger partial charge in [0, 0.05) is 5.57 Å². The number of hydrogen-bond donors (Lipinski definition) is 1. The van der Waals surface area contributed by atoms with Gasteiger partial charge < -0.3 is 9.84 Å². The highest BCUT2D eigenvalue weighted by Crippen LogP contribution is 2.33. The van der Waals surface area contributed by atoms with Crippen LogP contribution in [0.3, 0.4) is 0 Å². The normalized spacial score (nSPS) is 37.3. The van der Waals surface area contributed by atoms with Crippen molar-refractivity contribution in [2.75, 3.05) is 0 Å². The quantitative estimate of drug-likeness (QED) is 0.618. The second-order valence-electron chi connectivity index (χ2n) is 5.93. The molecule has 1 N–H and O–H groups in total. The predicted octanol–water partition coefficient (Wildman–Crippen LogP) is 2.60. The third kappa shape index (κ3) is 3.02. The standard InChI is InChI=1S/C15H22O3/c1-10(8-13-9-11(2)14(16)18-13)12-4-6-15(3,17)7-5-12/h4,6,9-10,12-13,17H,5,7-8H2,1-3H3/t10-,12+,13-,15+/m1/s1. The van der Waals surface area contributed by atoms with E-state index in [2.05, 4.69) is 13.0 Å². The summed E-state index contributed by atoms with van der Waals surface area (Å²) in [4.78, 5) is 11.3. The Hall–Kier alpha value is -1.09. The van der Waals surface area contributed by atoms with Crippen molar-refractivity contribution in [2.45, 2.75) is 51.7 Å². The summed E-state index contributed by atoms with van der Waals surface area (Å²) >= 11 is 0. The van der Waals surface area contributed by atoms with Gasteiger partial charge in [0.2, 0.25) is 0 Å². The zero-order valence-corrected chi connectivity index (χ0v) is 11.3. The average Bonchev–Trinajstić information content (AvgIpc) is 2.57. The van der Waals surface area contributed by atoms with Gasteiger partial charge in [-0.25, -0.2) is 4.79 Å². The molecule has 0 saturated carbocycles. The molecular weight excluding hydrogens is 228 g/mol. The molecule has 3 heteroatoms. The van der Waals surface area contributed by atoms with E-state index in [9.17, 15) is 9.90 Å². The third-order valence-corrected chi connectivity index (χ3v) is 4.04. The molecule has 0 aromatic heterocycles. The summed E-state index contributed by atoms with van der Waals surface area (Å²) < 4.78 is 5.27. The van der Waals surface area contributed by atoms with Gasteiger partial charge in [-0.15, -0.1) is 0 Å². The lowest BCUT2D eigenvalue weighted by Gasteiger charge is -2.31. The van der Waals surface area contributed by atoms with Gasteiger partial charge in [0.25, 0.3) is 0 Å². The van der Waals surface area contributed by atoms with Crippen LogP contribution in [0.5, 0.6) is 0 Å². The second kappa shape index (κ2) is 4.88. The maximum Gasteiger partial charge on any atom is 0.334 e. The fourth-order valence-electron chi connectivity index (χ4n) is 2.71. The number of cyclic esters (lactones) is 1. The molecule has 0 amide bonds. The van der Waals surface area contributed by atoms with Gasteiger partial charge in [0.05, 0.1) is 5.60 Å². The Morgan fingerprint density at radius 3 is 2.83 bits per heavy atom. The van der Waals surface area contributed by atoms with E-state index >= 15 is 0 Å². The monoisotopic (exact) mass is 250 g/mol. The van der Waals surface area contributed by atoms with E-state index < -0.39 is 5.60 Å². The molecule has 4 atom stereocenters. The summed E-state index contributed by atoms with van der Waals surface area (Å²) in [6, 6.07) is 0. The number of allylic oxidation sites excluding steroid dienone is 1. The van der Waals surface area contributed by atoms with Crippen LogP contribution in [0.1, 0.15) is 40.0 Å². The van der Waals surface area contributed by atoms with Crippen LogP contribution >= 0.6 is 0 Å². The van der Waals surface area contributed by atoms with Gasteiger partial charge in [-0.05, 0) is 51.0 Å². The summed E-state index contributed by atoms with van der Waals surface area (Å²) in [5.41, 5.74) is 0.0707. The van der Waals surface area contributed by atoms with Crippen molar-refractivity contribution in [3.8, 4) is 0 Å². The van der Waals surface area contributed by atoms with Gasteiger partial charge in [0.15, 0.2) is 0 Å². The molecule has 0 radical (unpaired) electrons. The lowest BCUT2D eigenvalue weighted by atomic mass is 9.78. The zero-order valence-electron chi connectivity index (χ0n) is 11.3. The molecule has 100 valence electrons. The van der Waals surface area contributed by atoms with Gasteiger partial charge in [-0.1, -0.05) is 19.1 Å². The molecular formula is C15H22O3. The zero-order chi connectivity index (χ0) is 13.3. The van der Waals surface area contributed by atoms with Crippen LogP contribution in [0.2, 0.25) is 0 Å². The molecule has 0 unspecified atom stereocenters. The molecule has 0 spiro atoms. The van der Waals surface area contributed by atoms with E-state index in [1.54, 1.807) is 6.92 Å². The van der Waals surface area contributed by atoms with Crippen molar-refractivity contribution >= 4 is 5.97 Å². The van der Waals surface area contributed by atoms with Gasteiger partial charge in [-0.3, -0.25) is 0 Å². The maximum atomic E-state index is 11.3. The molecule has 1 aliphatic carbocycles. The van der Waals surface area contributed by atoms with Crippen molar-refractivity contribution in [3.05, 3.63) is 23.8 Å². The molecule has 1 aliphatic heterocycles. The van der Waals surface area contributed by atoms with Crippen LogP contribution in [0.4, 0.5) is 0 Å². The molecule has 0 saturated heterocycles. The summed E-state index contributed by atoms with van der Waals surface area (Å²) in [7, 11) is 0. The Morgan fingerprint density at radius 1 is 1.61 bits per heavy atom. The first-order chi connectivity index (χ1) is 8.37. The largest absolute Gasteiger partial charge is 0.455 e. The fourth-order valence-corrected chi connectivity index (χ4v) is 2.71. The van der Waals surface area contributed by atoms with Crippen LogP contribution in [0.15, 0.2) is 23.8 Å². The minimum absolute atomic E-state index is 0.0664. The highest BCUT2D eigenvalue weighted by molar-refractivity contribution is 5.90. The number of aliphatic hydroxyl groups is 1. The lowest BCUT2D eigenvalue weighted by Crippen LogP contribution is -2.28. The lowest BCUT2D eigenvalue weighted by molar-refractivity contribution is -0.140. The number of esters is 1. The van der Waals surface area contributed by atoms with E-state index in [1.807, 2.05) is 19.1 Å². The van der Waals surface area contributed by atoms with Crippen LogP contribution in [0.25, 0.3) is 0 Å². The molecule has 0 aromatic carbocycles. The summed E-state index contributed by atoms with van der Waals surface area (Å²) in [6.07, 6.45) is 8.53. The van der Waals surface area contributed by atoms with Crippen molar-refractivity contribution in [3.63, 3.8) is 0 Å². The molecule has 2 rings (SSSR count). The molecule has 3 nitrogen and oxygen atoms in total. The molecule has 0 aromatic rings. The number of rotatable bonds is 3. The first kappa shape index (κ1) is 13.3.